The summed E-state index contributed by atoms with van der Waals surface area (Å²) in [7, 11) is 0. The molecule has 0 spiro atoms. The predicted octanol–water partition coefficient (Wildman–Crippen LogP) is 17.4. The lowest BCUT2D eigenvalue weighted by atomic mass is 10.00. The van der Waals surface area contributed by atoms with Gasteiger partial charge in [-0.1, -0.05) is 268 Å². The third-order valence-electron chi connectivity index (χ3n) is 13.7. The quantitative estimate of drug-likeness (QED) is 0.0308. The van der Waals surface area contributed by atoms with E-state index in [4.69, 9.17) is 0 Å². The Morgan fingerprint density at radius 2 is 0.672 bits per heavy atom. The van der Waals surface area contributed by atoms with Crippen LogP contribution in [0, 0.1) is 0 Å². The number of carbonyl (C=O) groups is 1. The monoisotopic (exact) mass is 942 g/mol. The molecule has 6 nitrogen and oxygen atoms in total. The molecule has 4 unspecified atom stereocenters. The van der Waals surface area contributed by atoms with Crippen molar-refractivity contribution in [3.8, 4) is 0 Å². The van der Waals surface area contributed by atoms with E-state index in [1.807, 2.05) is 0 Å². The highest BCUT2D eigenvalue weighted by atomic mass is 16.3. The molecule has 6 heteroatoms. The van der Waals surface area contributed by atoms with Gasteiger partial charge in [-0.05, 0) is 83.5 Å². The summed E-state index contributed by atoms with van der Waals surface area (Å²) in [5.74, 6) is -0.595. The first-order chi connectivity index (χ1) is 33.0. The number of unbranched alkanes of at least 4 members (excludes halogenated alkanes) is 37. The molecule has 0 saturated heterocycles. The molecule has 0 bridgehead atoms. The van der Waals surface area contributed by atoms with Gasteiger partial charge >= 0.3 is 0 Å². The molecule has 4 atom stereocenters. The predicted molar refractivity (Wildman–Crippen MR) is 293 cm³/mol. The van der Waals surface area contributed by atoms with Crippen molar-refractivity contribution in [2.45, 2.75) is 327 Å². The zero-order valence-electron chi connectivity index (χ0n) is 44.7. The van der Waals surface area contributed by atoms with Crippen LogP contribution in [0.25, 0.3) is 0 Å². The van der Waals surface area contributed by atoms with Crippen molar-refractivity contribution in [2.75, 3.05) is 6.61 Å². The number of aliphatic hydroxyl groups is 4. The Morgan fingerprint density at radius 1 is 0.373 bits per heavy atom. The van der Waals surface area contributed by atoms with E-state index in [1.165, 1.54) is 225 Å². The fourth-order valence-corrected chi connectivity index (χ4v) is 9.10. The third-order valence-corrected chi connectivity index (χ3v) is 13.7. The van der Waals surface area contributed by atoms with E-state index in [9.17, 15) is 25.2 Å². The largest absolute Gasteiger partial charge is 0.394 e. The number of amides is 1. The van der Waals surface area contributed by atoms with Crippen molar-refractivity contribution in [1.82, 2.24) is 5.32 Å². The molecule has 0 fully saturated rings. The molecule has 0 aromatic heterocycles. The fraction of sp³-hybridized carbons (Fsp3) is 0.852. The van der Waals surface area contributed by atoms with Crippen LogP contribution in [0.1, 0.15) is 303 Å². The second-order valence-corrected chi connectivity index (χ2v) is 20.3. The summed E-state index contributed by atoms with van der Waals surface area (Å²) < 4.78 is 0. The van der Waals surface area contributed by atoms with Crippen LogP contribution in [-0.4, -0.2) is 57.3 Å². The molecule has 0 aromatic carbocycles. The molecule has 0 aliphatic carbocycles. The Morgan fingerprint density at radius 3 is 1.03 bits per heavy atom. The Balaban J connectivity index is 3.63. The molecule has 0 heterocycles. The first kappa shape index (κ1) is 65.3. The van der Waals surface area contributed by atoms with E-state index >= 15 is 0 Å². The van der Waals surface area contributed by atoms with Gasteiger partial charge in [-0.3, -0.25) is 4.79 Å². The smallest absolute Gasteiger partial charge is 0.249 e. The van der Waals surface area contributed by atoms with Gasteiger partial charge in [-0.15, -0.1) is 0 Å². The van der Waals surface area contributed by atoms with Crippen molar-refractivity contribution >= 4 is 5.91 Å². The SMILES string of the molecule is CCCCCCCCCCC/C=C\C/C=C\CCCCCCCCCCCCCCCCCCC(O)C(=O)NC(CO)C(O)C(O)CCC/C=C/CC/C=C/CCCCCCCCCCCC. The maximum absolute atomic E-state index is 12.6. The van der Waals surface area contributed by atoms with Crippen LogP contribution in [0.15, 0.2) is 48.6 Å². The standard InChI is InChI=1S/C61H115NO5/c1-3-5-7-9-11-13-15-17-19-21-23-24-25-26-27-28-29-30-31-32-33-34-35-37-39-41-43-45-47-49-51-53-55-59(65)61(67)62-57(56-63)60(66)58(64)54-52-50-48-46-44-42-40-38-36-22-20-18-16-14-12-10-8-6-4-2/h23-24,26-27,38,40,46,48,57-60,63-66H,3-22,25,28-37,39,41-45,47,49-56H2,1-2H3,(H,62,67)/b24-23-,27-26-,40-38+,48-46+. The summed E-state index contributed by atoms with van der Waals surface area (Å²) >= 11 is 0. The fourth-order valence-electron chi connectivity index (χ4n) is 9.10. The molecule has 0 aromatic rings. The second-order valence-electron chi connectivity index (χ2n) is 20.3. The minimum atomic E-state index is -1.29. The van der Waals surface area contributed by atoms with Gasteiger partial charge < -0.3 is 25.7 Å². The molecule has 0 saturated carbocycles. The van der Waals surface area contributed by atoms with Crippen LogP contribution in [0.5, 0.6) is 0 Å². The van der Waals surface area contributed by atoms with Crippen molar-refractivity contribution in [2.24, 2.45) is 0 Å². The minimum absolute atomic E-state index is 0.360. The van der Waals surface area contributed by atoms with Gasteiger partial charge in [0.05, 0.1) is 18.8 Å². The molecule has 0 aliphatic rings. The van der Waals surface area contributed by atoms with Gasteiger partial charge in [0, 0.05) is 0 Å². The molecular formula is C61H115NO5. The maximum atomic E-state index is 12.6. The van der Waals surface area contributed by atoms with Crippen molar-refractivity contribution in [3.05, 3.63) is 48.6 Å². The van der Waals surface area contributed by atoms with Crippen molar-refractivity contribution in [3.63, 3.8) is 0 Å². The van der Waals surface area contributed by atoms with Gasteiger partial charge in [0.15, 0.2) is 0 Å². The first-order valence-corrected chi connectivity index (χ1v) is 29.5. The van der Waals surface area contributed by atoms with Crippen LogP contribution < -0.4 is 5.32 Å². The van der Waals surface area contributed by atoms with Gasteiger partial charge in [0.2, 0.25) is 5.91 Å². The Bertz CT molecular complexity index is 1100. The van der Waals surface area contributed by atoms with E-state index in [2.05, 4.69) is 67.8 Å². The molecule has 0 rings (SSSR count). The number of hydrogen-bond acceptors (Lipinski definition) is 5. The van der Waals surface area contributed by atoms with Gasteiger partial charge in [0.25, 0.3) is 0 Å². The summed E-state index contributed by atoms with van der Waals surface area (Å²) in [6.07, 6.45) is 70.5. The van der Waals surface area contributed by atoms with Crippen LogP contribution in [0.4, 0.5) is 0 Å². The Hall–Kier alpha value is -1.73. The highest BCUT2D eigenvalue weighted by molar-refractivity contribution is 5.80. The van der Waals surface area contributed by atoms with Crippen LogP contribution >= 0.6 is 0 Å². The summed E-state index contributed by atoms with van der Waals surface area (Å²) in [6.45, 7) is 4.06. The molecule has 1 amide bonds. The number of rotatable bonds is 54. The normalized spacial score (nSPS) is 14.1. The summed E-state index contributed by atoms with van der Waals surface area (Å²) in [4.78, 5) is 12.6. The molecule has 0 aliphatic heterocycles. The highest BCUT2D eigenvalue weighted by Gasteiger charge is 2.28. The van der Waals surface area contributed by atoms with Gasteiger partial charge in [-0.25, -0.2) is 0 Å². The number of aliphatic hydroxyl groups excluding tert-OH is 4. The van der Waals surface area contributed by atoms with Crippen LogP contribution in [0.3, 0.4) is 0 Å². The number of allylic oxidation sites excluding steroid dienone is 8. The highest BCUT2D eigenvalue weighted by Crippen LogP contribution is 2.17. The maximum Gasteiger partial charge on any atom is 0.249 e. The molecule has 5 N–H and O–H groups in total. The lowest BCUT2D eigenvalue weighted by Gasteiger charge is -2.27. The van der Waals surface area contributed by atoms with E-state index in [-0.39, 0.29) is 0 Å². The lowest BCUT2D eigenvalue weighted by molar-refractivity contribution is -0.132. The van der Waals surface area contributed by atoms with Crippen molar-refractivity contribution in [1.29, 1.82) is 0 Å². The summed E-state index contributed by atoms with van der Waals surface area (Å²) in [5.41, 5.74) is 0. The lowest BCUT2D eigenvalue weighted by Crippen LogP contribution is -2.53. The van der Waals surface area contributed by atoms with Gasteiger partial charge in [-0.2, -0.15) is 0 Å². The molecule has 394 valence electrons. The summed E-state index contributed by atoms with van der Waals surface area (Å²) in [6, 6.07) is -1.01. The average Bonchev–Trinajstić information content (AvgIpc) is 3.33. The number of nitrogens with one attached hydrogen (secondary N) is 1. The topological polar surface area (TPSA) is 110 Å². The van der Waals surface area contributed by atoms with Crippen LogP contribution in [0.2, 0.25) is 0 Å². The Kier molecular flexibility index (Phi) is 53.8. The van der Waals surface area contributed by atoms with E-state index in [0.29, 0.717) is 19.3 Å². The average molecular weight is 943 g/mol. The second kappa shape index (κ2) is 55.2. The summed E-state index contributed by atoms with van der Waals surface area (Å²) in [5, 5.41) is 44.0. The molecule has 0 radical (unpaired) electrons. The molecule has 67 heavy (non-hydrogen) atoms. The first-order valence-electron chi connectivity index (χ1n) is 29.5. The zero-order valence-corrected chi connectivity index (χ0v) is 44.7. The van der Waals surface area contributed by atoms with Gasteiger partial charge in [0.1, 0.15) is 12.2 Å². The molecular weight excluding hydrogens is 827 g/mol. The van der Waals surface area contributed by atoms with E-state index in [1.54, 1.807) is 0 Å². The van der Waals surface area contributed by atoms with E-state index < -0.39 is 36.9 Å². The van der Waals surface area contributed by atoms with Crippen molar-refractivity contribution < 1.29 is 25.2 Å². The zero-order chi connectivity index (χ0) is 48.8. The third kappa shape index (κ3) is 49.1. The van der Waals surface area contributed by atoms with E-state index in [0.717, 1.165) is 44.9 Å². The minimum Gasteiger partial charge on any atom is -0.394 e. The number of hydrogen-bond donors (Lipinski definition) is 5. The number of carbonyl (C=O) groups excluding carboxylic acids is 1. The Labute approximate surface area is 417 Å². The van der Waals surface area contributed by atoms with Crippen LogP contribution in [-0.2, 0) is 4.79 Å².